The molecule has 0 amide bonds. The van der Waals surface area contributed by atoms with E-state index in [1.54, 1.807) is 25.1 Å². The molecule has 0 fully saturated rings. The van der Waals surface area contributed by atoms with Crippen LogP contribution in [0.2, 0.25) is 5.02 Å². The van der Waals surface area contributed by atoms with Crippen molar-refractivity contribution in [2.45, 2.75) is 6.92 Å². The monoisotopic (exact) mass is 299 g/mol. The van der Waals surface area contributed by atoms with Crippen LogP contribution in [0.4, 0.5) is 5.82 Å². The number of H-pyrrole nitrogens is 1. The number of aromatic amines is 1. The number of nitriles is 1. The van der Waals surface area contributed by atoms with E-state index in [9.17, 15) is 4.79 Å². The van der Waals surface area contributed by atoms with Crippen LogP contribution in [-0.4, -0.2) is 14.8 Å². The normalized spacial score (nSPS) is 10.7. The zero-order valence-corrected chi connectivity index (χ0v) is 11.8. The molecule has 1 aromatic carbocycles. The minimum atomic E-state index is -0.286. The van der Waals surface area contributed by atoms with Crippen molar-refractivity contribution in [2.24, 2.45) is 0 Å². The van der Waals surface area contributed by atoms with Crippen LogP contribution in [0, 0.1) is 18.3 Å². The fraction of sp³-hybridized carbons (Fsp3) is 0.0714. The molecule has 0 aliphatic carbocycles. The number of rotatable bonds is 1. The van der Waals surface area contributed by atoms with Gasteiger partial charge in [0.2, 0.25) is 0 Å². The van der Waals surface area contributed by atoms with Crippen LogP contribution < -0.4 is 11.3 Å². The summed E-state index contributed by atoms with van der Waals surface area (Å²) in [7, 11) is 0. The van der Waals surface area contributed by atoms with E-state index in [0.717, 1.165) is 0 Å². The SMILES string of the molecule is Cc1nn(-c2cc(=O)[nH]c3ccc(Cl)cc23)c(N)c1C#N. The zero-order valence-electron chi connectivity index (χ0n) is 11.0. The van der Waals surface area contributed by atoms with E-state index in [1.165, 1.54) is 10.7 Å². The molecule has 0 atom stereocenters. The number of nitrogens with zero attached hydrogens (tertiary/aromatic N) is 3. The predicted molar refractivity (Wildman–Crippen MR) is 80.6 cm³/mol. The molecule has 0 saturated carbocycles. The molecule has 6 nitrogen and oxygen atoms in total. The molecule has 0 spiro atoms. The Morgan fingerprint density at radius 3 is 2.86 bits per heavy atom. The van der Waals surface area contributed by atoms with Gasteiger partial charge >= 0.3 is 0 Å². The van der Waals surface area contributed by atoms with Gasteiger partial charge in [-0.15, -0.1) is 0 Å². The predicted octanol–water partition coefficient (Wildman–Crippen LogP) is 2.13. The van der Waals surface area contributed by atoms with Crippen molar-refractivity contribution in [3.05, 3.63) is 50.9 Å². The number of aryl methyl sites for hydroxylation is 1. The van der Waals surface area contributed by atoms with Crippen molar-refractivity contribution in [3.8, 4) is 11.8 Å². The van der Waals surface area contributed by atoms with Gasteiger partial charge in [-0.25, -0.2) is 4.68 Å². The molecule has 0 saturated heterocycles. The van der Waals surface area contributed by atoms with E-state index < -0.39 is 0 Å². The smallest absolute Gasteiger partial charge is 0.250 e. The molecule has 104 valence electrons. The number of hydrogen-bond acceptors (Lipinski definition) is 4. The van der Waals surface area contributed by atoms with E-state index in [0.29, 0.717) is 32.9 Å². The van der Waals surface area contributed by atoms with Crippen molar-refractivity contribution in [1.82, 2.24) is 14.8 Å². The summed E-state index contributed by atoms with van der Waals surface area (Å²) < 4.78 is 1.39. The fourth-order valence-corrected chi connectivity index (χ4v) is 2.42. The minimum absolute atomic E-state index is 0.196. The van der Waals surface area contributed by atoms with Crippen LogP contribution in [0.25, 0.3) is 16.6 Å². The molecule has 3 aromatic rings. The van der Waals surface area contributed by atoms with Gasteiger partial charge in [0.05, 0.1) is 16.9 Å². The number of aromatic nitrogens is 3. The third-order valence-corrected chi connectivity index (χ3v) is 3.45. The lowest BCUT2D eigenvalue weighted by Crippen LogP contribution is -2.11. The lowest BCUT2D eigenvalue weighted by atomic mass is 10.2. The van der Waals surface area contributed by atoms with E-state index in [1.807, 2.05) is 6.07 Å². The zero-order chi connectivity index (χ0) is 15.1. The highest BCUT2D eigenvalue weighted by molar-refractivity contribution is 6.31. The van der Waals surface area contributed by atoms with Crippen molar-refractivity contribution in [2.75, 3.05) is 5.73 Å². The second kappa shape index (κ2) is 4.65. The first kappa shape index (κ1) is 13.2. The van der Waals surface area contributed by atoms with E-state index >= 15 is 0 Å². The summed E-state index contributed by atoms with van der Waals surface area (Å²) in [6, 6.07) is 8.49. The number of nitrogen functional groups attached to an aromatic ring is 1. The van der Waals surface area contributed by atoms with E-state index in [-0.39, 0.29) is 11.4 Å². The Labute approximate surface area is 124 Å². The maximum Gasteiger partial charge on any atom is 0.250 e. The third kappa shape index (κ3) is 2.04. The summed E-state index contributed by atoms with van der Waals surface area (Å²) in [4.78, 5) is 14.5. The Morgan fingerprint density at radius 2 is 2.19 bits per heavy atom. The third-order valence-electron chi connectivity index (χ3n) is 3.22. The molecule has 0 unspecified atom stereocenters. The highest BCUT2D eigenvalue weighted by Gasteiger charge is 2.16. The lowest BCUT2D eigenvalue weighted by molar-refractivity contribution is 0.875. The van der Waals surface area contributed by atoms with Crippen molar-refractivity contribution < 1.29 is 0 Å². The second-order valence-corrected chi connectivity index (χ2v) is 5.01. The second-order valence-electron chi connectivity index (χ2n) is 4.58. The Morgan fingerprint density at radius 1 is 1.43 bits per heavy atom. The first-order chi connectivity index (χ1) is 10.0. The van der Waals surface area contributed by atoms with Crippen molar-refractivity contribution in [1.29, 1.82) is 5.26 Å². The summed E-state index contributed by atoms with van der Waals surface area (Å²) in [5.41, 5.74) is 7.58. The van der Waals surface area contributed by atoms with Crippen LogP contribution in [0.5, 0.6) is 0 Å². The highest BCUT2D eigenvalue weighted by Crippen LogP contribution is 2.26. The average molecular weight is 300 g/mol. The number of nitrogens with one attached hydrogen (secondary N) is 1. The molecule has 0 aliphatic heterocycles. The largest absolute Gasteiger partial charge is 0.382 e. The van der Waals surface area contributed by atoms with Gasteiger partial charge in [-0.1, -0.05) is 11.6 Å². The molecule has 0 bridgehead atoms. The van der Waals surface area contributed by atoms with Gasteiger partial charge in [-0.05, 0) is 25.1 Å². The average Bonchev–Trinajstić information content (AvgIpc) is 2.73. The lowest BCUT2D eigenvalue weighted by Gasteiger charge is -2.08. The molecule has 3 rings (SSSR count). The van der Waals surface area contributed by atoms with Crippen molar-refractivity contribution in [3.63, 3.8) is 0 Å². The van der Waals surface area contributed by atoms with Gasteiger partial charge < -0.3 is 10.7 Å². The summed E-state index contributed by atoms with van der Waals surface area (Å²) in [5.74, 6) is 0.196. The van der Waals surface area contributed by atoms with Crippen LogP contribution >= 0.6 is 11.6 Å². The summed E-state index contributed by atoms with van der Waals surface area (Å²) >= 11 is 6.02. The number of halogens is 1. The number of fused-ring (bicyclic) bond motifs is 1. The highest BCUT2D eigenvalue weighted by atomic mass is 35.5. The van der Waals surface area contributed by atoms with E-state index in [2.05, 4.69) is 10.1 Å². The Balaban J connectivity index is 2.43. The Kier molecular flexibility index (Phi) is 2.92. The Bertz CT molecular complexity index is 964. The van der Waals surface area contributed by atoms with Crippen LogP contribution in [0.15, 0.2) is 29.1 Å². The summed E-state index contributed by atoms with van der Waals surface area (Å²) in [6.45, 7) is 1.69. The molecule has 21 heavy (non-hydrogen) atoms. The molecular weight excluding hydrogens is 290 g/mol. The van der Waals surface area contributed by atoms with Crippen LogP contribution in [0.1, 0.15) is 11.3 Å². The molecule has 2 heterocycles. The quantitative estimate of drug-likeness (QED) is 0.718. The standard InChI is InChI=1S/C14H10ClN5O/c1-7-10(6-16)14(17)20(19-7)12-5-13(21)18-11-3-2-8(15)4-9(11)12/h2-5H,17H2,1H3,(H,18,21). The van der Waals surface area contributed by atoms with Gasteiger partial charge in [-0.3, -0.25) is 4.79 Å². The maximum atomic E-state index is 11.8. The van der Waals surface area contributed by atoms with Crippen molar-refractivity contribution >= 4 is 28.3 Å². The molecule has 7 heteroatoms. The van der Waals surface area contributed by atoms with Gasteiger partial charge in [0.25, 0.3) is 5.56 Å². The van der Waals surface area contributed by atoms with Gasteiger partial charge in [0.15, 0.2) is 0 Å². The number of anilines is 1. The van der Waals surface area contributed by atoms with Gasteiger partial charge in [-0.2, -0.15) is 10.4 Å². The number of benzene rings is 1. The molecule has 0 aliphatic rings. The van der Waals surface area contributed by atoms with Gasteiger partial charge in [0.1, 0.15) is 17.5 Å². The molecule has 0 radical (unpaired) electrons. The first-order valence-electron chi connectivity index (χ1n) is 6.09. The van der Waals surface area contributed by atoms with E-state index in [4.69, 9.17) is 22.6 Å². The molecular formula is C14H10ClN5O. The fourth-order valence-electron chi connectivity index (χ4n) is 2.25. The molecule has 2 aromatic heterocycles. The topological polar surface area (TPSA) is 100 Å². The first-order valence-corrected chi connectivity index (χ1v) is 6.47. The van der Waals surface area contributed by atoms with Gasteiger partial charge in [0, 0.05) is 16.5 Å². The number of nitrogens with two attached hydrogens (primary N) is 1. The maximum absolute atomic E-state index is 11.8. The number of pyridine rings is 1. The molecule has 3 N–H and O–H groups in total. The number of hydrogen-bond donors (Lipinski definition) is 2. The Hall–Kier alpha value is -2.78. The summed E-state index contributed by atoms with van der Waals surface area (Å²) in [5, 5.41) is 14.6. The summed E-state index contributed by atoms with van der Waals surface area (Å²) in [6.07, 6.45) is 0. The van der Waals surface area contributed by atoms with Crippen LogP contribution in [-0.2, 0) is 0 Å². The minimum Gasteiger partial charge on any atom is -0.382 e. The van der Waals surface area contributed by atoms with Crippen LogP contribution in [0.3, 0.4) is 0 Å².